The van der Waals surface area contributed by atoms with Crippen molar-refractivity contribution >= 4 is 11.7 Å². The zero-order chi connectivity index (χ0) is 16.2. The normalized spacial score (nSPS) is 16.4. The summed E-state index contributed by atoms with van der Waals surface area (Å²) < 4.78 is 0. The van der Waals surface area contributed by atoms with Gasteiger partial charge in [-0.25, -0.2) is 4.79 Å². The van der Waals surface area contributed by atoms with Crippen molar-refractivity contribution in [3.05, 3.63) is 65.2 Å². The number of fused-ring (bicyclic) bond motifs is 1. The standard InChI is InChI=1S/C19H22N2O2/c1-14-12-17-4-2-3-5-18(17)21(14)11-10-20-13-15-6-8-16(9-7-15)19(22)23/h2-9,14,20H,10-13H2,1H3,(H,22,23). The highest BCUT2D eigenvalue weighted by molar-refractivity contribution is 5.87. The monoisotopic (exact) mass is 310 g/mol. The fourth-order valence-electron chi connectivity index (χ4n) is 3.17. The van der Waals surface area contributed by atoms with Crippen LogP contribution in [0.15, 0.2) is 48.5 Å². The molecule has 2 aromatic rings. The van der Waals surface area contributed by atoms with Crippen molar-refractivity contribution in [3.8, 4) is 0 Å². The number of hydrogen-bond acceptors (Lipinski definition) is 3. The average Bonchev–Trinajstić information content (AvgIpc) is 2.87. The van der Waals surface area contributed by atoms with E-state index in [1.807, 2.05) is 12.1 Å². The quantitative estimate of drug-likeness (QED) is 0.806. The lowest BCUT2D eigenvalue weighted by Crippen LogP contribution is -2.35. The Bertz CT molecular complexity index is 682. The number of carbonyl (C=O) groups is 1. The molecule has 1 aliphatic rings. The summed E-state index contributed by atoms with van der Waals surface area (Å²) in [5.41, 5.74) is 4.22. The van der Waals surface area contributed by atoms with Crippen LogP contribution in [-0.2, 0) is 13.0 Å². The molecule has 0 spiro atoms. The topological polar surface area (TPSA) is 52.6 Å². The highest BCUT2D eigenvalue weighted by atomic mass is 16.4. The molecule has 1 aliphatic heterocycles. The number of hydrogen-bond donors (Lipinski definition) is 2. The Morgan fingerprint density at radius 2 is 1.96 bits per heavy atom. The average molecular weight is 310 g/mol. The van der Waals surface area contributed by atoms with Gasteiger partial charge < -0.3 is 15.3 Å². The number of rotatable bonds is 6. The summed E-state index contributed by atoms with van der Waals surface area (Å²) in [4.78, 5) is 13.3. The van der Waals surface area contributed by atoms with Gasteiger partial charge in [0.25, 0.3) is 0 Å². The van der Waals surface area contributed by atoms with E-state index in [1.54, 1.807) is 12.1 Å². The van der Waals surface area contributed by atoms with Crippen LogP contribution in [0.3, 0.4) is 0 Å². The maximum absolute atomic E-state index is 10.8. The molecule has 1 atom stereocenters. The molecule has 0 aliphatic carbocycles. The number of nitrogens with zero attached hydrogens (tertiary/aromatic N) is 1. The third-order valence-electron chi connectivity index (χ3n) is 4.41. The van der Waals surface area contributed by atoms with Gasteiger partial charge in [0, 0.05) is 31.4 Å². The Labute approximate surface area is 136 Å². The van der Waals surface area contributed by atoms with Crippen molar-refractivity contribution in [2.45, 2.75) is 25.9 Å². The van der Waals surface area contributed by atoms with Gasteiger partial charge in [0.15, 0.2) is 0 Å². The number of carboxylic acid groups (broad SMARTS) is 1. The summed E-state index contributed by atoms with van der Waals surface area (Å²) in [5.74, 6) is -0.883. The number of benzene rings is 2. The van der Waals surface area contributed by atoms with Crippen LogP contribution in [0.1, 0.15) is 28.4 Å². The number of aromatic carboxylic acids is 1. The molecule has 0 radical (unpaired) electrons. The molecular weight excluding hydrogens is 288 g/mol. The second kappa shape index (κ2) is 6.84. The van der Waals surface area contributed by atoms with E-state index in [-0.39, 0.29) is 0 Å². The number of carboxylic acids is 1. The van der Waals surface area contributed by atoms with Crippen molar-refractivity contribution in [3.63, 3.8) is 0 Å². The summed E-state index contributed by atoms with van der Waals surface area (Å²) in [5, 5.41) is 12.3. The van der Waals surface area contributed by atoms with Gasteiger partial charge in [-0.15, -0.1) is 0 Å². The smallest absolute Gasteiger partial charge is 0.335 e. The molecule has 3 rings (SSSR count). The molecule has 0 fully saturated rings. The lowest BCUT2D eigenvalue weighted by atomic mass is 10.1. The van der Waals surface area contributed by atoms with Crippen molar-refractivity contribution in [1.82, 2.24) is 5.32 Å². The van der Waals surface area contributed by atoms with Gasteiger partial charge >= 0.3 is 5.97 Å². The van der Waals surface area contributed by atoms with E-state index in [0.717, 1.165) is 31.6 Å². The minimum Gasteiger partial charge on any atom is -0.478 e. The molecule has 0 saturated carbocycles. The zero-order valence-corrected chi connectivity index (χ0v) is 13.3. The molecule has 0 amide bonds. The Balaban J connectivity index is 1.49. The maximum Gasteiger partial charge on any atom is 0.335 e. The largest absolute Gasteiger partial charge is 0.478 e. The fraction of sp³-hybridized carbons (Fsp3) is 0.316. The molecule has 120 valence electrons. The van der Waals surface area contributed by atoms with Gasteiger partial charge in [0.05, 0.1) is 5.56 Å². The zero-order valence-electron chi connectivity index (χ0n) is 13.3. The molecule has 1 heterocycles. The molecular formula is C19H22N2O2. The predicted molar refractivity (Wildman–Crippen MR) is 92.1 cm³/mol. The van der Waals surface area contributed by atoms with Crippen LogP contribution < -0.4 is 10.2 Å². The molecule has 4 nitrogen and oxygen atoms in total. The third kappa shape index (κ3) is 3.54. The van der Waals surface area contributed by atoms with E-state index in [0.29, 0.717) is 11.6 Å². The Morgan fingerprint density at radius 1 is 1.22 bits per heavy atom. The first kappa shape index (κ1) is 15.6. The minimum absolute atomic E-state index is 0.330. The van der Waals surface area contributed by atoms with Crippen molar-refractivity contribution in [2.24, 2.45) is 0 Å². The third-order valence-corrected chi connectivity index (χ3v) is 4.41. The van der Waals surface area contributed by atoms with Gasteiger partial charge in [-0.1, -0.05) is 30.3 Å². The van der Waals surface area contributed by atoms with Crippen molar-refractivity contribution in [1.29, 1.82) is 0 Å². The van der Waals surface area contributed by atoms with Gasteiger partial charge in [0.1, 0.15) is 0 Å². The van der Waals surface area contributed by atoms with Crippen LogP contribution in [-0.4, -0.2) is 30.2 Å². The summed E-state index contributed by atoms with van der Waals surface area (Å²) in [6, 6.07) is 16.2. The first-order chi connectivity index (χ1) is 11.1. The van der Waals surface area contributed by atoms with Gasteiger partial charge in [0.2, 0.25) is 0 Å². The van der Waals surface area contributed by atoms with E-state index in [4.69, 9.17) is 5.11 Å². The molecule has 2 aromatic carbocycles. The maximum atomic E-state index is 10.8. The highest BCUT2D eigenvalue weighted by Gasteiger charge is 2.24. The number of para-hydroxylation sites is 1. The van der Waals surface area contributed by atoms with E-state index < -0.39 is 5.97 Å². The molecule has 2 N–H and O–H groups in total. The highest BCUT2D eigenvalue weighted by Crippen LogP contribution is 2.31. The molecule has 0 aromatic heterocycles. The predicted octanol–water partition coefficient (Wildman–Crippen LogP) is 2.93. The lowest BCUT2D eigenvalue weighted by Gasteiger charge is -2.25. The second-order valence-electron chi connectivity index (χ2n) is 6.05. The minimum atomic E-state index is -0.883. The molecule has 4 heteroatoms. The summed E-state index contributed by atoms with van der Waals surface area (Å²) in [7, 11) is 0. The molecule has 23 heavy (non-hydrogen) atoms. The Hall–Kier alpha value is -2.33. The van der Waals surface area contributed by atoms with Gasteiger partial charge in [-0.2, -0.15) is 0 Å². The second-order valence-corrected chi connectivity index (χ2v) is 6.05. The van der Waals surface area contributed by atoms with Crippen LogP contribution in [0.4, 0.5) is 5.69 Å². The SMILES string of the molecule is CC1Cc2ccccc2N1CCNCc1ccc(C(=O)O)cc1. The fourth-order valence-corrected chi connectivity index (χ4v) is 3.17. The molecule has 1 unspecified atom stereocenters. The van der Waals surface area contributed by atoms with Crippen LogP contribution >= 0.6 is 0 Å². The Kier molecular flexibility index (Phi) is 4.63. The van der Waals surface area contributed by atoms with Crippen LogP contribution in [0, 0.1) is 0 Å². The van der Waals surface area contributed by atoms with E-state index in [9.17, 15) is 4.79 Å². The Morgan fingerprint density at radius 3 is 2.70 bits per heavy atom. The van der Waals surface area contributed by atoms with Crippen molar-refractivity contribution in [2.75, 3.05) is 18.0 Å². The van der Waals surface area contributed by atoms with E-state index in [1.165, 1.54) is 11.3 Å². The molecule has 0 bridgehead atoms. The summed E-state index contributed by atoms with van der Waals surface area (Å²) in [6.45, 7) is 4.90. The van der Waals surface area contributed by atoms with E-state index >= 15 is 0 Å². The molecule has 0 saturated heterocycles. The number of nitrogens with one attached hydrogen (secondary N) is 1. The van der Waals surface area contributed by atoms with Crippen LogP contribution in [0.25, 0.3) is 0 Å². The van der Waals surface area contributed by atoms with Crippen LogP contribution in [0.2, 0.25) is 0 Å². The van der Waals surface area contributed by atoms with Gasteiger partial charge in [-0.3, -0.25) is 0 Å². The number of anilines is 1. The summed E-state index contributed by atoms with van der Waals surface area (Å²) in [6.07, 6.45) is 1.12. The van der Waals surface area contributed by atoms with E-state index in [2.05, 4.69) is 41.4 Å². The summed E-state index contributed by atoms with van der Waals surface area (Å²) >= 11 is 0. The first-order valence-electron chi connectivity index (χ1n) is 8.02. The lowest BCUT2D eigenvalue weighted by molar-refractivity contribution is 0.0697. The first-order valence-corrected chi connectivity index (χ1v) is 8.02. The van der Waals surface area contributed by atoms with Crippen LogP contribution in [0.5, 0.6) is 0 Å². The van der Waals surface area contributed by atoms with Crippen molar-refractivity contribution < 1.29 is 9.90 Å². The van der Waals surface area contributed by atoms with Gasteiger partial charge in [-0.05, 0) is 42.7 Å².